The third kappa shape index (κ3) is 3.62. The average Bonchev–Trinajstić information content (AvgIpc) is 2.44. The van der Waals surface area contributed by atoms with Crippen LogP contribution in [-0.4, -0.2) is 37.5 Å². The molecule has 7 heteroatoms. The Balaban J connectivity index is 2.54. The number of nitrogens with one attached hydrogen (secondary N) is 1. The highest BCUT2D eigenvalue weighted by Gasteiger charge is 2.21. The highest BCUT2D eigenvalue weighted by molar-refractivity contribution is 8.01. The molecule has 0 heterocycles. The molecule has 2 aromatic rings. The molecular formula is C14H17B2NO3S. The van der Waals surface area contributed by atoms with Gasteiger partial charge >= 0.3 is 5.97 Å². The molecule has 0 saturated carbocycles. The Morgan fingerprint density at radius 1 is 1.05 bits per heavy atom. The highest BCUT2D eigenvalue weighted by Crippen LogP contribution is 2.24. The number of rotatable bonds is 5. The number of aliphatic carboxylic acids is 1. The van der Waals surface area contributed by atoms with Gasteiger partial charge in [0.25, 0.3) is 0 Å². The second-order valence-corrected chi connectivity index (χ2v) is 7.58. The zero-order chi connectivity index (χ0) is 15.5. The predicted octanol–water partition coefficient (Wildman–Crippen LogP) is -1.77. The van der Waals surface area contributed by atoms with E-state index in [2.05, 4.69) is 4.72 Å². The zero-order valence-corrected chi connectivity index (χ0v) is 12.9. The highest BCUT2D eigenvalue weighted by atomic mass is 32.3. The van der Waals surface area contributed by atoms with Gasteiger partial charge in [-0.1, -0.05) is 47.3 Å². The number of thiol groups is 1. The van der Waals surface area contributed by atoms with Crippen LogP contribution in [0.25, 0.3) is 0 Å². The summed E-state index contributed by atoms with van der Waals surface area (Å²) in [4.78, 5) is 12.1. The number of benzene rings is 2. The summed E-state index contributed by atoms with van der Waals surface area (Å²) < 4.78 is 16.2. The van der Waals surface area contributed by atoms with E-state index in [0.717, 1.165) is 10.9 Å². The molecule has 0 saturated heterocycles. The maximum Gasteiger partial charge on any atom is 0.318 e. The van der Waals surface area contributed by atoms with Crippen molar-refractivity contribution in [1.82, 2.24) is 4.72 Å². The van der Waals surface area contributed by atoms with Crippen LogP contribution in [0.15, 0.2) is 58.3 Å². The van der Waals surface area contributed by atoms with Gasteiger partial charge in [0, 0.05) is 9.79 Å². The lowest BCUT2D eigenvalue weighted by atomic mass is 9.97. The standard InChI is InChI=1S/C14H17B2NO3S/c15-10-3-1-5-12(7-10)21(20,17-9-14(18)19)13-6-2-4-11(16)8-13/h1-8,21H,9,15-16H2,(H,17,20)(H,18,19). The van der Waals surface area contributed by atoms with Crippen LogP contribution in [0.5, 0.6) is 0 Å². The van der Waals surface area contributed by atoms with Crippen LogP contribution in [0.4, 0.5) is 0 Å². The Morgan fingerprint density at radius 2 is 1.52 bits per heavy atom. The van der Waals surface area contributed by atoms with Crippen LogP contribution in [-0.2, 0) is 14.9 Å². The first-order chi connectivity index (χ1) is 9.91. The van der Waals surface area contributed by atoms with Gasteiger partial charge in [0.2, 0.25) is 0 Å². The molecule has 0 aliphatic rings. The maximum absolute atomic E-state index is 13.5. The first-order valence-corrected chi connectivity index (χ1v) is 8.34. The summed E-state index contributed by atoms with van der Waals surface area (Å²) >= 11 is 0. The molecule has 2 rings (SSSR count). The lowest BCUT2D eigenvalue weighted by Gasteiger charge is -2.26. The molecule has 0 aromatic heterocycles. The van der Waals surface area contributed by atoms with E-state index in [1.54, 1.807) is 12.1 Å². The smallest absolute Gasteiger partial charge is 0.318 e. The van der Waals surface area contributed by atoms with E-state index in [1.165, 1.54) is 0 Å². The molecule has 2 N–H and O–H groups in total. The van der Waals surface area contributed by atoms with Crippen LogP contribution in [0.2, 0.25) is 0 Å². The van der Waals surface area contributed by atoms with Crippen LogP contribution >= 0.6 is 0 Å². The molecule has 21 heavy (non-hydrogen) atoms. The monoisotopic (exact) mass is 301 g/mol. The summed E-state index contributed by atoms with van der Waals surface area (Å²) in [5, 5.41) is 8.90. The normalized spacial score (nSPS) is 12.0. The quantitative estimate of drug-likeness (QED) is 0.452. The minimum absolute atomic E-state index is 0.348. The Labute approximate surface area is 127 Å². The zero-order valence-electron chi connectivity index (χ0n) is 12.0. The van der Waals surface area contributed by atoms with Crippen molar-refractivity contribution < 1.29 is 14.1 Å². The van der Waals surface area contributed by atoms with Crippen molar-refractivity contribution in [3.05, 3.63) is 48.5 Å². The topological polar surface area (TPSA) is 66.4 Å². The average molecular weight is 301 g/mol. The molecule has 2 aromatic carbocycles. The molecule has 0 unspecified atom stereocenters. The van der Waals surface area contributed by atoms with Gasteiger partial charge in [0.1, 0.15) is 22.2 Å². The molecule has 0 aliphatic carbocycles. The summed E-state index contributed by atoms with van der Waals surface area (Å²) in [7, 11) is 0.673. The minimum Gasteiger partial charge on any atom is -0.480 e. The fraction of sp³-hybridized carbons (Fsp3) is 0.0714. The van der Waals surface area contributed by atoms with Crippen LogP contribution in [0.3, 0.4) is 0 Å². The number of carbonyl (C=O) groups is 1. The summed E-state index contributed by atoms with van der Waals surface area (Å²) in [5.74, 6) is -1.03. The number of hydrogen-bond acceptors (Lipinski definition) is 2. The molecule has 0 radical (unpaired) electrons. The Morgan fingerprint density at radius 3 is 1.90 bits per heavy atom. The molecule has 0 bridgehead atoms. The molecule has 4 nitrogen and oxygen atoms in total. The molecule has 0 aliphatic heterocycles. The Kier molecular flexibility index (Phi) is 4.65. The summed E-state index contributed by atoms with van der Waals surface area (Å²) in [6.45, 7) is -0.348. The van der Waals surface area contributed by atoms with Crippen molar-refractivity contribution in [2.75, 3.05) is 6.54 Å². The first-order valence-electron chi connectivity index (χ1n) is 6.63. The van der Waals surface area contributed by atoms with Crippen molar-refractivity contribution in [2.24, 2.45) is 0 Å². The molecule has 0 spiro atoms. The van der Waals surface area contributed by atoms with Crippen molar-refractivity contribution in [1.29, 1.82) is 0 Å². The van der Waals surface area contributed by atoms with Gasteiger partial charge in [0.05, 0.1) is 0 Å². The third-order valence-corrected chi connectivity index (χ3v) is 5.80. The van der Waals surface area contributed by atoms with Gasteiger partial charge in [-0.25, -0.2) is 4.72 Å². The van der Waals surface area contributed by atoms with Crippen LogP contribution in [0.1, 0.15) is 0 Å². The summed E-state index contributed by atoms with van der Waals surface area (Å²) in [5.41, 5.74) is 1.97. The fourth-order valence-electron chi connectivity index (χ4n) is 2.16. The van der Waals surface area contributed by atoms with E-state index >= 15 is 0 Å². The summed E-state index contributed by atoms with van der Waals surface area (Å²) in [6, 6.07) is 14.7. The summed E-state index contributed by atoms with van der Waals surface area (Å²) in [6.07, 6.45) is 0. The van der Waals surface area contributed by atoms with Gasteiger partial charge in [-0.15, -0.1) is 0 Å². The maximum atomic E-state index is 13.5. The first kappa shape index (κ1) is 15.5. The molecule has 0 atom stereocenters. The minimum atomic E-state index is -3.16. The van der Waals surface area contributed by atoms with E-state index in [1.807, 2.05) is 52.1 Å². The Bertz CT molecular complexity index is 671. The van der Waals surface area contributed by atoms with Crippen LogP contribution in [0, 0.1) is 0 Å². The van der Waals surface area contributed by atoms with Gasteiger partial charge in [0.15, 0.2) is 0 Å². The van der Waals surface area contributed by atoms with Crippen molar-refractivity contribution in [3.8, 4) is 0 Å². The molecule has 108 valence electrons. The number of hydrogen-bond donors (Lipinski definition) is 3. The molecule has 0 amide bonds. The van der Waals surface area contributed by atoms with E-state index < -0.39 is 16.1 Å². The van der Waals surface area contributed by atoms with Gasteiger partial charge in [-0.3, -0.25) is 9.00 Å². The lowest BCUT2D eigenvalue weighted by Crippen LogP contribution is -2.36. The second kappa shape index (κ2) is 6.28. The predicted molar refractivity (Wildman–Crippen MR) is 90.9 cm³/mol. The number of carboxylic acid groups (broad SMARTS) is 1. The van der Waals surface area contributed by atoms with E-state index in [0.29, 0.717) is 9.79 Å². The van der Waals surface area contributed by atoms with Gasteiger partial charge in [-0.05, 0) is 22.3 Å². The molecule has 0 fully saturated rings. The van der Waals surface area contributed by atoms with Crippen molar-refractivity contribution >= 4 is 42.7 Å². The van der Waals surface area contributed by atoms with E-state index in [-0.39, 0.29) is 6.54 Å². The van der Waals surface area contributed by atoms with E-state index in [9.17, 15) is 9.00 Å². The number of carboxylic acids is 1. The van der Waals surface area contributed by atoms with Gasteiger partial charge < -0.3 is 5.11 Å². The van der Waals surface area contributed by atoms with Crippen molar-refractivity contribution in [2.45, 2.75) is 9.79 Å². The lowest BCUT2D eigenvalue weighted by molar-refractivity contribution is -0.135. The molecular weight excluding hydrogens is 284 g/mol. The fourth-order valence-corrected chi connectivity index (χ4v) is 4.54. The second-order valence-electron chi connectivity index (χ2n) is 5.02. The third-order valence-electron chi connectivity index (χ3n) is 3.18. The van der Waals surface area contributed by atoms with E-state index in [4.69, 9.17) is 5.11 Å². The van der Waals surface area contributed by atoms with Crippen molar-refractivity contribution in [3.63, 3.8) is 0 Å². The van der Waals surface area contributed by atoms with Crippen LogP contribution < -0.4 is 15.6 Å². The SMILES string of the molecule is Bc1cccc([SH](=O)(NCC(=O)O)c2cccc(B)c2)c1. The van der Waals surface area contributed by atoms with Gasteiger partial charge in [-0.2, -0.15) is 0 Å². The Hall–Kier alpha value is -1.85. The largest absolute Gasteiger partial charge is 0.480 e.